The molecule has 0 unspecified atom stereocenters. The molecule has 1 heterocycles. The first-order valence-electron chi connectivity index (χ1n) is 12.6. The molecule has 0 bridgehead atoms. The lowest BCUT2D eigenvalue weighted by Gasteiger charge is -2.13. The van der Waals surface area contributed by atoms with E-state index in [0.29, 0.717) is 22.9 Å². The van der Waals surface area contributed by atoms with Crippen LogP contribution < -0.4 is 16.2 Å². The molecule has 0 fully saturated rings. The number of benzene rings is 3. The third kappa shape index (κ3) is 6.84. The Balaban J connectivity index is 1.84. The number of nitrogens with zero attached hydrogens (tertiary/aromatic N) is 5. The summed E-state index contributed by atoms with van der Waals surface area (Å²) in [5, 5.41) is 46.4. The molecule has 252 valence electrons. The molecule has 3 aromatic carbocycles. The molecule has 0 saturated heterocycles. The Labute approximate surface area is 266 Å². The second kappa shape index (κ2) is 12.6. The van der Waals surface area contributed by atoms with E-state index in [1.54, 1.807) is 0 Å². The van der Waals surface area contributed by atoms with Crippen LogP contribution in [0, 0.1) is 33.0 Å². The summed E-state index contributed by atoms with van der Waals surface area (Å²) in [6.07, 6.45) is 0. The molecular weight excluding hydrogens is 691 g/mol. The van der Waals surface area contributed by atoms with Gasteiger partial charge in [-0.15, -0.1) is 10.2 Å². The smallest absolute Gasteiger partial charge is 0.356 e. The Bertz CT molecular complexity index is 2350. The molecule has 1 aromatic heterocycles. The summed E-state index contributed by atoms with van der Waals surface area (Å²) in [5.41, 5.74) is -6.83. The fourth-order valence-electron chi connectivity index (χ4n) is 4.24. The Morgan fingerprint density at radius 1 is 0.958 bits per heavy atom. The fourth-order valence-corrected chi connectivity index (χ4v) is 5.41. The number of carboxylic acid groups (broad SMARTS) is 1. The maximum Gasteiger partial charge on any atom is 0.356 e. The lowest BCUT2D eigenvalue weighted by atomic mass is 10.1. The fraction of sp³-hybridized carbons (Fsp3) is 0.0833. The normalized spacial score (nSPS) is 11.9. The minimum atomic E-state index is -5.20. The number of nitro groups is 2. The highest BCUT2D eigenvalue weighted by Gasteiger charge is 2.27. The van der Waals surface area contributed by atoms with Crippen LogP contribution in [0.5, 0.6) is 0 Å². The van der Waals surface area contributed by atoms with Crippen molar-refractivity contribution in [2.45, 2.75) is 16.7 Å². The van der Waals surface area contributed by atoms with Crippen LogP contribution >= 0.6 is 0 Å². The van der Waals surface area contributed by atoms with E-state index in [1.165, 1.54) is 14.0 Å². The average Bonchev–Trinajstić information content (AvgIpc) is 3.31. The number of nitrogens with one attached hydrogen (secondary N) is 3. The minimum Gasteiger partial charge on any atom is -0.476 e. The number of nitro benzene ring substituents is 2. The number of aromatic nitrogens is 2. The first-order valence-corrected chi connectivity index (χ1v) is 15.4. The van der Waals surface area contributed by atoms with Crippen LogP contribution in [0.15, 0.2) is 67.3 Å². The second-order valence-electron chi connectivity index (χ2n) is 9.44. The molecule has 0 spiro atoms. The average molecular weight is 711 g/mol. The maximum absolute atomic E-state index is 14.2. The van der Waals surface area contributed by atoms with Crippen molar-refractivity contribution in [2.24, 2.45) is 10.2 Å². The van der Waals surface area contributed by atoms with Crippen molar-refractivity contribution in [3.63, 3.8) is 0 Å². The Kier molecular flexibility index (Phi) is 9.12. The third-order valence-electron chi connectivity index (χ3n) is 6.47. The van der Waals surface area contributed by atoms with E-state index in [0.717, 1.165) is 24.3 Å². The van der Waals surface area contributed by atoms with Crippen molar-refractivity contribution >= 4 is 66.0 Å². The number of carboxylic acids is 1. The lowest BCUT2D eigenvalue weighted by Crippen LogP contribution is -2.17. The minimum absolute atomic E-state index is 0.120. The van der Waals surface area contributed by atoms with Crippen LogP contribution in [-0.2, 0) is 20.2 Å². The standard InChI is InChI=1S/C24H19FN8O13S2/c1-10-15(26-2)6-12(47(41,42)43)7-17(10)31-23(34)21(22(30-31)24(35)36)29-28-14-4-3-11(5-20(14)48(44,45)46)27-16-8-13(25)18(32(37)38)9-19(16)33(39)40/h3-9,26-27,30H,1-2H3,(H,35,36)(H,41,42,43)(H,44,45,46). The zero-order chi connectivity index (χ0) is 35.9. The van der Waals surface area contributed by atoms with Crippen molar-refractivity contribution in [1.29, 1.82) is 0 Å². The van der Waals surface area contributed by atoms with Crippen LogP contribution in [0.3, 0.4) is 0 Å². The monoisotopic (exact) mass is 710 g/mol. The second-order valence-corrected chi connectivity index (χ2v) is 12.3. The van der Waals surface area contributed by atoms with E-state index in [1.807, 2.05) is 0 Å². The number of halogens is 1. The zero-order valence-electron chi connectivity index (χ0n) is 23.9. The molecule has 48 heavy (non-hydrogen) atoms. The predicted molar refractivity (Wildman–Crippen MR) is 161 cm³/mol. The SMILES string of the molecule is CNc1cc(S(=O)(=O)O)cc(-n2[nH]c(C(=O)O)c(N=Nc3ccc(Nc4cc(F)c([N+](=O)[O-])cc4[N+](=O)[O-])cc3S(=O)(=O)O)c2=O)c1C. The third-order valence-corrected chi connectivity index (χ3v) is 8.19. The van der Waals surface area contributed by atoms with Gasteiger partial charge in [-0.25, -0.2) is 9.48 Å². The molecule has 24 heteroatoms. The van der Waals surface area contributed by atoms with Gasteiger partial charge in [0.1, 0.15) is 16.3 Å². The van der Waals surface area contributed by atoms with Crippen molar-refractivity contribution in [2.75, 3.05) is 17.7 Å². The zero-order valence-corrected chi connectivity index (χ0v) is 25.5. The summed E-state index contributed by atoms with van der Waals surface area (Å²) < 4.78 is 82.2. The molecule has 6 N–H and O–H groups in total. The Morgan fingerprint density at radius 2 is 1.60 bits per heavy atom. The van der Waals surface area contributed by atoms with E-state index in [2.05, 4.69) is 26.0 Å². The van der Waals surface area contributed by atoms with Crippen molar-refractivity contribution in [3.8, 4) is 5.69 Å². The van der Waals surface area contributed by atoms with Crippen LogP contribution in [0.4, 0.5) is 44.2 Å². The van der Waals surface area contributed by atoms with Gasteiger partial charge in [0, 0.05) is 24.5 Å². The van der Waals surface area contributed by atoms with Gasteiger partial charge in [-0.2, -0.15) is 21.2 Å². The van der Waals surface area contributed by atoms with Gasteiger partial charge in [0.15, 0.2) is 11.4 Å². The van der Waals surface area contributed by atoms with Gasteiger partial charge in [-0.3, -0.25) is 39.2 Å². The summed E-state index contributed by atoms with van der Waals surface area (Å²) in [5.74, 6) is -3.23. The summed E-state index contributed by atoms with van der Waals surface area (Å²) in [7, 11) is -8.61. The van der Waals surface area contributed by atoms with Gasteiger partial charge in [-0.05, 0) is 42.8 Å². The quantitative estimate of drug-likeness (QED) is 0.0557. The number of hydrogen-bond donors (Lipinski definition) is 6. The van der Waals surface area contributed by atoms with Gasteiger partial charge < -0.3 is 15.7 Å². The highest BCUT2D eigenvalue weighted by molar-refractivity contribution is 7.86. The molecule has 0 saturated carbocycles. The number of hydrogen-bond acceptors (Lipinski definition) is 14. The molecule has 0 aliphatic rings. The Hall–Kier alpha value is -6.11. The molecular formula is C24H19FN8O13S2. The van der Waals surface area contributed by atoms with Crippen molar-refractivity contribution in [1.82, 2.24) is 9.78 Å². The number of aromatic carboxylic acids is 1. The lowest BCUT2D eigenvalue weighted by molar-refractivity contribution is -0.395. The van der Waals surface area contributed by atoms with Gasteiger partial charge >= 0.3 is 11.7 Å². The molecule has 4 rings (SSSR count). The molecule has 0 atom stereocenters. The van der Waals surface area contributed by atoms with Gasteiger partial charge in [0.2, 0.25) is 5.82 Å². The molecule has 0 amide bonds. The van der Waals surface area contributed by atoms with Crippen LogP contribution in [0.2, 0.25) is 0 Å². The van der Waals surface area contributed by atoms with E-state index in [-0.39, 0.29) is 22.6 Å². The molecule has 0 aliphatic carbocycles. The van der Waals surface area contributed by atoms with Crippen molar-refractivity contribution < 1.29 is 50.1 Å². The first kappa shape index (κ1) is 34.8. The summed E-state index contributed by atoms with van der Waals surface area (Å²) in [4.78, 5) is 43.8. The number of aromatic amines is 1. The van der Waals surface area contributed by atoms with Gasteiger partial charge in [0.25, 0.3) is 31.5 Å². The van der Waals surface area contributed by atoms with E-state index >= 15 is 0 Å². The van der Waals surface area contributed by atoms with Crippen LogP contribution in [-0.4, -0.2) is 63.7 Å². The number of azo groups is 1. The maximum atomic E-state index is 14.2. The van der Waals surface area contributed by atoms with E-state index < -0.39 is 91.4 Å². The largest absolute Gasteiger partial charge is 0.476 e. The van der Waals surface area contributed by atoms with Crippen LogP contribution in [0.25, 0.3) is 5.69 Å². The molecule has 4 aromatic rings. The van der Waals surface area contributed by atoms with Gasteiger partial charge in [-0.1, -0.05) is 0 Å². The number of H-pyrrole nitrogens is 1. The first-order chi connectivity index (χ1) is 22.2. The highest BCUT2D eigenvalue weighted by Crippen LogP contribution is 2.36. The van der Waals surface area contributed by atoms with Gasteiger partial charge in [0.05, 0.1) is 26.5 Å². The number of anilines is 3. The topological polar surface area (TPSA) is 319 Å². The van der Waals surface area contributed by atoms with E-state index in [4.69, 9.17) is 0 Å². The summed E-state index contributed by atoms with van der Waals surface area (Å²) >= 11 is 0. The molecule has 21 nitrogen and oxygen atoms in total. The van der Waals surface area contributed by atoms with E-state index in [9.17, 15) is 65.3 Å². The predicted octanol–water partition coefficient (Wildman–Crippen LogP) is 3.82. The number of carbonyl (C=O) groups is 1. The van der Waals surface area contributed by atoms with Crippen LogP contribution in [0.1, 0.15) is 16.1 Å². The molecule has 0 radical (unpaired) electrons. The highest BCUT2D eigenvalue weighted by atomic mass is 32.2. The number of rotatable bonds is 11. The summed E-state index contributed by atoms with van der Waals surface area (Å²) in [6, 6.07) is 5.16. The van der Waals surface area contributed by atoms with Crippen molar-refractivity contribution in [3.05, 3.63) is 90.1 Å². The summed E-state index contributed by atoms with van der Waals surface area (Å²) in [6.45, 7) is 1.43. The molecule has 0 aliphatic heterocycles. The Morgan fingerprint density at radius 3 is 2.15 bits per heavy atom.